The summed E-state index contributed by atoms with van der Waals surface area (Å²) in [4.78, 5) is 27.5. The number of pyridine rings is 1. The quantitative estimate of drug-likeness (QED) is 0.409. The van der Waals surface area contributed by atoms with E-state index in [1.54, 1.807) is 22.8 Å². The molecule has 1 N–H and O–H groups in total. The molecule has 1 aliphatic heterocycles. The molecule has 7 nitrogen and oxygen atoms in total. The molecule has 0 radical (unpaired) electrons. The average Bonchev–Trinajstić information content (AvgIpc) is 2.89. The third-order valence-electron chi connectivity index (χ3n) is 6.90. The van der Waals surface area contributed by atoms with Crippen molar-refractivity contribution in [3.63, 3.8) is 0 Å². The van der Waals surface area contributed by atoms with Crippen LogP contribution in [0.1, 0.15) is 21.0 Å². The van der Waals surface area contributed by atoms with Gasteiger partial charge >= 0.3 is 0 Å². The SMILES string of the molecule is CCN1CCN(c2ccc(Nc3nc(C)c4cc(-c5cccc(F)c5)c(=O)n(CC)c4n3)cc2)CC1.[HH]. The zero-order chi connectivity index (χ0) is 25.2. The lowest BCUT2D eigenvalue weighted by molar-refractivity contribution is 0.271. The fourth-order valence-electron chi connectivity index (χ4n) is 4.81. The van der Waals surface area contributed by atoms with Gasteiger partial charge in [0.05, 0.1) is 5.69 Å². The van der Waals surface area contributed by atoms with Crippen molar-refractivity contribution in [2.75, 3.05) is 42.9 Å². The second-order valence-electron chi connectivity index (χ2n) is 9.08. The van der Waals surface area contributed by atoms with Crippen molar-refractivity contribution >= 4 is 28.4 Å². The molecule has 0 saturated carbocycles. The van der Waals surface area contributed by atoms with E-state index in [0.29, 0.717) is 29.3 Å². The average molecular weight is 489 g/mol. The van der Waals surface area contributed by atoms with E-state index in [1.807, 2.05) is 26.0 Å². The highest BCUT2D eigenvalue weighted by atomic mass is 19.1. The van der Waals surface area contributed by atoms with Gasteiger partial charge in [0.2, 0.25) is 5.95 Å². The molecule has 1 aliphatic rings. The summed E-state index contributed by atoms with van der Waals surface area (Å²) < 4.78 is 15.5. The van der Waals surface area contributed by atoms with Crippen LogP contribution in [0.25, 0.3) is 22.2 Å². The lowest BCUT2D eigenvalue weighted by atomic mass is 10.1. The molecule has 0 aliphatic carbocycles. The minimum absolute atomic E-state index is 0. The molecule has 0 bridgehead atoms. The van der Waals surface area contributed by atoms with Crippen molar-refractivity contribution in [2.45, 2.75) is 27.3 Å². The smallest absolute Gasteiger partial charge is 0.260 e. The lowest BCUT2D eigenvalue weighted by Gasteiger charge is -2.35. The monoisotopic (exact) mass is 488 g/mol. The number of hydrogen-bond donors (Lipinski definition) is 1. The predicted molar refractivity (Wildman–Crippen MR) is 146 cm³/mol. The van der Waals surface area contributed by atoms with Gasteiger partial charge in [-0.3, -0.25) is 9.36 Å². The van der Waals surface area contributed by atoms with Gasteiger partial charge in [-0.1, -0.05) is 19.1 Å². The van der Waals surface area contributed by atoms with Gasteiger partial charge in [0.25, 0.3) is 5.56 Å². The molecular weight excluding hydrogens is 455 g/mol. The Hall–Kier alpha value is -3.78. The van der Waals surface area contributed by atoms with Crippen LogP contribution in [0.3, 0.4) is 0 Å². The van der Waals surface area contributed by atoms with Crippen LogP contribution in [0.4, 0.5) is 21.7 Å². The van der Waals surface area contributed by atoms with E-state index in [0.717, 1.165) is 49.5 Å². The van der Waals surface area contributed by atoms with Gasteiger partial charge in [0.15, 0.2) is 0 Å². The van der Waals surface area contributed by atoms with Gasteiger partial charge in [0.1, 0.15) is 11.5 Å². The number of fused-ring (bicyclic) bond motifs is 1. The van der Waals surface area contributed by atoms with Gasteiger partial charge in [-0.15, -0.1) is 0 Å². The highest BCUT2D eigenvalue weighted by Gasteiger charge is 2.17. The summed E-state index contributed by atoms with van der Waals surface area (Å²) in [6, 6.07) is 16.2. The largest absolute Gasteiger partial charge is 0.369 e. The normalized spacial score (nSPS) is 14.4. The predicted octanol–water partition coefficient (Wildman–Crippen LogP) is 5.06. The van der Waals surface area contributed by atoms with Crippen molar-refractivity contribution in [1.82, 2.24) is 19.4 Å². The van der Waals surface area contributed by atoms with E-state index < -0.39 is 0 Å². The van der Waals surface area contributed by atoms with Crippen molar-refractivity contribution in [3.8, 4) is 11.1 Å². The summed E-state index contributed by atoms with van der Waals surface area (Å²) in [6.45, 7) is 11.8. The number of aryl methyl sites for hydroxylation is 2. The zero-order valence-electron chi connectivity index (χ0n) is 21.0. The maximum atomic E-state index is 13.8. The van der Waals surface area contributed by atoms with Crippen molar-refractivity contribution in [1.29, 1.82) is 0 Å². The van der Waals surface area contributed by atoms with Gasteiger partial charge in [-0.25, -0.2) is 9.37 Å². The van der Waals surface area contributed by atoms with Crippen LogP contribution in [0, 0.1) is 12.7 Å². The summed E-state index contributed by atoms with van der Waals surface area (Å²) in [5.74, 6) is 0.0567. The van der Waals surface area contributed by atoms with Crippen LogP contribution in [-0.4, -0.2) is 52.2 Å². The first kappa shape index (κ1) is 23.9. The van der Waals surface area contributed by atoms with Gasteiger partial charge in [-0.2, -0.15) is 4.98 Å². The number of halogens is 1. The molecule has 1 fully saturated rings. The van der Waals surface area contributed by atoms with Gasteiger partial charge in [0, 0.05) is 56.5 Å². The van der Waals surface area contributed by atoms with Crippen LogP contribution in [0.2, 0.25) is 0 Å². The minimum atomic E-state index is -0.378. The third-order valence-corrected chi connectivity index (χ3v) is 6.90. The number of anilines is 3. The van der Waals surface area contributed by atoms with E-state index in [9.17, 15) is 9.18 Å². The fraction of sp³-hybridized carbons (Fsp3) is 0.321. The summed E-state index contributed by atoms with van der Waals surface area (Å²) in [5.41, 5.74) is 4.17. The van der Waals surface area contributed by atoms with Crippen LogP contribution < -0.4 is 15.8 Å². The molecule has 3 heterocycles. The molecule has 0 amide bonds. The van der Waals surface area contributed by atoms with Crippen LogP contribution in [0.5, 0.6) is 0 Å². The highest BCUT2D eigenvalue weighted by molar-refractivity contribution is 5.84. The number of hydrogen-bond acceptors (Lipinski definition) is 6. The second kappa shape index (κ2) is 10.1. The van der Waals surface area contributed by atoms with Crippen LogP contribution >= 0.6 is 0 Å². The highest BCUT2D eigenvalue weighted by Crippen LogP contribution is 2.26. The summed E-state index contributed by atoms with van der Waals surface area (Å²) >= 11 is 0. The topological polar surface area (TPSA) is 66.3 Å². The number of rotatable bonds is 6. The molecule has 8 heteroatoms. The maximum absolute atomic E-state index is 13.8. The Bertz CT molecular complexity index is 1450. The fourth-order valence-corrected chi connectivity index (χ4v) is 4.81. The molecule has 188 valence electrons. The van der Waals surface area contributed by atoms with Gasteiger partial charge < -0.3 is 15.1 Å². The first-order chi connectivity index (χ1) is 17.5. The van der Waals surface area contributed by atoms with Crippen molar-refractivity contribution in [2.24, 2.45) is 0 Å². The molecule has 1 saturated heterocycles. The number of benzene rings is 2. The molecule has 2 aromatic heterocycles. The number of nitrogens with one attached hydrogen (secondary N) is 1. The molecular formula is C28H33FN6O. The van der Waals surface area contributed by atoms with Crippen LogP contribution in [-0.2, 0) is 6.54 Å². The number of aromatic nitrogens is 3. The number of piperazine rings is 1. The second-order valence-corrected chi connectivity index (χ2v) is 9.08. The molecule has 0 spiro atoms. The number of nitrogens with zero attached hydrogens (tertiary/aromatic N) is 5. The first-order valence-corrected chi connectivity index (χ1v) is 12.5. The molecule has 5 rings (SSSR count). The lowest BCUT2D eigenvalue weighted by Crippen LogP contribution is -2.46. The molecule has 0 unspecified atom stereocenters. The third kappa shape index (κ3) is 4.68. The molecule has 4 aromatic rings. The summed E-state index contributed by atoms with van der Waals surface area (Å²) in [7, 11) is 0. The van der Waals surface area contributed by atoms with Crippen LogP contribution in [0.15, 0.2) is 59.4 Å². The Morgan fingerprint density at radius 1 is 0.972 bits per heavy atom. The first-order valence-electron chi connectivity index (χ1n) is 12.5. The Labute approximate surface area is 211 Å². The minimum Gasteiger partial charge on any atom is -0.369 e. The Balaban J connectivity index is 0.00000320. The van der Waals surface area contributed by atoms with E-state index >= 15 is 0 Å². The number of likely N-dealkylation sites (N-methyl/N-ethyl adjacent to an activating group) is 1. The standard InChI is InChI=1S/C28H31FN6O.H2/c1-4-33-13-15-34(16-14-33)23-11-9-22(10-12-23)31-28-30-19(3)24-18-25(20-7-6-8-21(29)17-20)27(36)35(5-2)26(24)32-28;/h6-12,17-18H,4-5,13-16H2,1-3H3,(H,30,31,32);1H. The van der Waals surface area contributed by atoms with E-state index in [-0.39, 0.29) is 12.8 Å². The Kier molecular flexibility index (Phi) is 6.69. The summed E-state index contributed by atoms with van der Waals surface area (Å²) in [6.07, 6.45) is 0. The Morgan fingerprint density at radius 3 is 2.39 bits per heavy atom. The molecule has 0 atom stereocenters. The van der Waals surface area contributed by atoms with E-state index in [4.69, 9.17) is 4.98 Å². The zero-order valence-corrected chi connectivity index (χ0v) is 21.0. The van der Waals surface area contributed by atoms with Crippen molar-refractivity contribution in [3.05, 3.63) is 76.5 Å². The maximum Gasteiger partial charge on any atom is 0.260 e. The van der Waals surface area contributed by atoms with E-state index in [2.05, 4.69) is 39.2 Å². The molecule has 2 aromatic carbocycles. The summed E-state index contributed by atoms with van der Waals surface area (Å²) in [5, 5.41) is 4.06. The Morgan fingerprint density at radius 2 is 1.72 bits per heavy atom. The van der Waals surface area contributed by atoms with Crippen molar-refractivity contribution < 1.29 is 5.82 Å². The molecule has 36 heavy (non-hydrogen) atoms. The van der Waals surface area contributed by atoms with E-state index in [1.165, 1.54) is 17.8 Å². The van der Waals surface area contributed by atoms with Gasteiger partial charge in [-0.05, 0) is 68.4 Å².